The zero-order valence-electron chi connectivity index (χ0n) is 10.3. The summed E-state index contributed by atoms with van der Waals surface area (Å²) < 4.78 is 10.1. The maximum atomic E-state index is 12.0. The molecule has 1 aromatic carbocycles. The molecule has 18 heavy (non-hydrogen) atoms. The minimum absolute atomic E-state index is 0.194. The second-order valence-corrected chi connectivity index (χ2v) is 4.20. The third-order valence-electron chi connectivity index (χ3n) is 3.04. The van der Waals surface area contributed by atoms with E-state index in [-0.39, 0.29) is 12.5 Å². The van der Waals surface area contributed by atoms with Gasteiger partial charge >= 0.3 is 5.97 Å². The van der Waals surface area contributed by atoms with Crippen LogP contribution in [0, 0.1) is 0 Å². The first kappa shape index (κ1) is 12.8. The maximum Gasteiger partial charge on any atom is 0.379 e. The van der Waals surface area contributed by atoms with E-state index in [2.05, 4.69) is 0 Å². The molecule has 1 saturated heterocycles. The minimum atomic E-state index is -0.788. The Kier molecular flexibility index (Phi) is 4.10. The summed E-state index contributed by atoms with van der Waals surface area (Å²) in [7, 11) is 0. The van der Waals surface area contributed by atoms with Gasteiger partial charge in [0, 0.05) is 18.1 Å². The summed E-state index contributed by atoms with van der Waals surface area (Å²) in [6.45, 7) is 3.20. The van der Waals surface area contributed by atoms with Gasteiger partial charge in [-0.15, -0.1) is 0 Å². The van der Waals surface area contributed by atoms with E-state index in [4.69, 9.17) is 9.47 Å². The molecule has 4 heteroatoms. The molecular formula is C14H16O4. The average Bonchev–Trinajstić information content (AvgIpc) is 2.92. The Morgan fingerprint density at radius 3 is 2.83 bits per heavy atom. The summed E-state index contributed by atoms with van der Waals surface area (Å²) >= 11 is 0. The summed E-state index contributed by atoms with van der Waals surface area (Å²) in [5.41, 5.74) is 1.32. The van der Waals surface area contributed by atoms with Crippen LogP contribution in [0.2, 0.25) is 0 Å². The van der Waals surface area contributed by atoms with Crippen molar-refractivity contribution in [2.24, 2.45) is 0 Å². The molecule has 1 heterocycles. The Balaban J connectivity index is 2.26. The standard InChI is InChI=1S/C14H16O4/c1-2-18-14(16)13(15)12-6-4-3-5-11(12)10-7-8-17-9-10/h3-6,10H,2,7-9H2,1H3. The van der Waals surface area contributed by atoms with Crippen LogP contribution in [0.4, 0.5) is 0 Å². The highest BCUT2D eigenvalue weighted by molar-refractivity contribution is 6.41. The zero-order valence-corrected chi connectivity index (χ0v) is 10.3. The molecule has 0 bridgehead atoms. The van der Waals surface area contributed by atoms with Gasteiger partial charge in [0.1, 0.15) is 0 Å². The van der Waals surface area contributed by atoms with Crippen molar-refractivity contribution in [2.45, 2.75) is 19.3 Å². The first-order valence-electron chi connectivity index (χ1n) is 6.12. The molecule has 0 saturated carbocycles. The fraction of sp³-hybridized carbons (Fsp3) is 0.429. The van der Waals surface area contributed by atoms with Crippen molar-refractivity contribution in [2.75, 3.05) is 19.8 Å². The molecule has 1 unspecified atom stereocenters. The molecule has 0 radical (unpaired) electrons. The molecule has 4 nitrogen and oxygen atoms in total. The number of carbonyl (C=O) groups excluding carboxylic acids is 2. The van der Waals surface area contributed by atoms with Gasteiger partial charge in [-0.25, -0.2) is 4.79 Å². The number of Topliss-reactive ketones (excluding diaryl/α,β-unsaturated/α-hetero) is 1. The fourth-order valence-electron chi connectivity index (χ4n) is 2.15. The highest BCUT2D eigenvalue weighted by Gasteiger charge is 2.26. The van der Waals surface area contributed by atoms with Crippen molar-refractivity contribution in [1.82, 2.24) is 0 Å². The molecule has 0 aliphatic carbocycles. The molecule has 1 fully saturated rings. The molecule has 0 aromatic heterocycles. The molecule has 0 amide bonds. The SMILES string of the molecule is CCOC(=O)C(=O)c1ccccc1C1CCOC1. The third kappa shape index (κ3) is 2.59. The summed E-state index contributed by atoms with van der Waals surface area (Å²) in [5.74, 6) is -1.16. The van der Waals surface area contributed by atoms with Gasteiger partial charge in [-0.3, -0.25) is 4.79 Å². The average molecular weight is 248 g/mol. The van der Waals surface area contributed by atoms with E-state index < -0.39 is 11.8 Å². The Hall–Kier alpha value is -1.68. The van der Waals surface area contributed by atoms with Crippen LogP contribution < -0.4 is 0 Å². The first-order chi connectivity index (χ1) is 8.74. The third-order valence-corrected chi connectivity index (χ3v) is 3.04. The number of carbonyl (C=O) groups is 2. The Labute approximate surface area is 106 Å². The highest BCUT2D eigenvalue weighted by atomic mass is 16.5. The van der Waals surface area contributed by atoms with Crippen molar-refractivity contribution in [3.8, 4) is 0 Å². The van der Waals surface area contributed by atoms with Crippen LogP contribution in [0.1, 0.15) is 35.2 Å². The van der Waals surface area contributed by atoms with E-state index in [1.54, 1.807) is 19.1 Å². The Bertz CT molecular complexity index is 447. The van der Waals surface area contributed by atoms with Crippen LogP contribution in [-0.2, 0) is 14.3 Å². The smallest absolute Gasteiger partial charge is 0.379 e. The van der Waals surface area contributed by atoms with Crippen molar-refractivity contribution in [3.63, 3.8) is 0 Å². The number of hydrogen-bond donors (Lipinski definition) is 0. The van der Waals surface area contributed by atoms with E-state index in [0.717, 1.165) is 12.0 Å². The summed E-state index contributed by atoms with van der Waals surface area (Å²) in [6.07, 6.45) is 0.882. The lowest BCUT2D eigenvalue weighted by Crippen LogP contribution is -2.20. The van der Waals surface area contributed by atoms with E-state index in [0.29, 0.717) is 18.8 Å². The minimum Gasteiger partial charge on any atom is -0.460 e. The van der Waals surface area contributed by atoms with Crippen LogP contribution >= 0.6 is 0 Å². The molecule has 1 aliphatic rings. The lowest BCUT2D eigenvalue weighted by molar-refractivity contribution is -0.137. The number of ketones is 1. The van der Waals surface area contributed by atoms with Gasteiger partial charge in [-0.05, 0) is 18.9 Å². The van der Waals surface area contributed by atoms with E-state index >= 15 is 0 Å². The molecule has 2 rings (SSSR count). The lowest BCUT2D eigenvalue weighted by atomic mass is 9.92. The largest absolute Gasteiger partial charge is 0.460 e. The topological polar surface area (TPSA) is 52.6 Å². The number of esters is 1. The van der Waals surface area contributed by atoms with Crippen LogP contribution in [0.5, 0.6) is 0 Å². The van der Waals surface area contributed by atoms with Gasteiger partial charge in [0.2, 0.25) is 0 Å². The van der Waals surface area contributed by atoms with Gasteiger partial charge in [-0.1, -0.05) is 24.3 Å². The van der Waals surface area contributed by atoms with Crippen molar-refractivity contribution in [1.29, 1.82) is 0 Å². The number of ether oxygens (including phenoxy) is 2. The quantitative estimate of drug-likeness (QED) is 0.464. The van der Waals surface area contributed by atoms with Crippen LogP contribution in [0.3, 0.4) is 0 Å². The van der Waals surface area contributed by atoms with Gasteiger partial charge in [0.25, 0.3) is 5.78 Å². The van der Waals surface area contributed by atoms with E-state index in [9.17, 15) is 9.59 Å². The molecule has 1 aromatic rings. The Morgan fingerprint density at radius 2 is 2.17 bits per heavy atom. The van der Waals surface area contributed by atoms with Crippen LogP contribution in [0.15, 0.2) is 24.3 Å². The monoisotopic (exact) mass is 248 g/mol. The zero-order chi connectivity index (χ0) is 13.0. The Morgan fingerprint density at radius 1 is 1.39 bits per heavy atom. The maximum absolute atomic E-state index is 12.0. The van der Waals surface area contributed by atoms with Crippen molar-refractivity contribution in [3.05, 3.63) is 35.4 Å². The van der Waals surface area contributed by atoms with Crippen molar-refractivity contribution < 1.29 is 19.1 Å². The second-order valence-electron chi connectivity index (χ2n) is 4.20. The number of benzene rings is 1. The van der Waals surface area contributed by atoms with Gasteiger partial charge in [0.15, 0.2) is 0 Å². The predicted octanol–water partition coefficient (Wildman–Crippen LogP) is 1.94. The van der Waals surface area contributed by atoms with E-state index in [1.165, 1.54) is 0 Å². The summed E-state index contributed by atoms with van der Waals surface area (Å²) in [4.78, 5) is 23.5. The van der Waals surface area contributed by atoms with Gasteiger partial charge < -0.3 is 9.47 Å². The summed E-state index contributed by atoms with van der Waals surface area (Å²) in [6, 6.07) is 7.18. The molecular weight excluding hydrogens is 232 g/mol. The lowest BCUT2D eigenvalue weighted by Gasteiger charge is -2.12. The normalized spacial score (nSPS) is 18.6. The second kappa shape index (κ2) is 5.78. The number of hydrogen-bond acceptors (Lipinski definition) is 4. The van der Waals surface area contributed by atoms with Crippen molar-refractivity contribution >= 4 is 11.8 Å². The fourth-order valence-corrected chi connectivity index (χ4v) is 2.15. The summed E-state index contributed by atoms with van der Waals surface area (Å²) in [5, 5.41) is 0. The predicted molar refractivity (Wildman–Crippen MR) is 65.6 cm³/mol. The first-order valence-corrected chi connectivity index (χ1v) is 6.12. The number of rotatable bonds is 4. The molecule has 96 valence electrons. The van der Waals surface area contributed by atoms with Gasteiger partial charge in [-0.2, -0.15) is 0 Å². The van der Waals surface area contributed by atoms with Gasteiger partial charge in [0.05, 0.1) is 13.2 Å². The molecule has 0 spiro atoms. The molecule has 1 atom stereocenters. The highest BCUT2D eigenvalue weighted by Crippen LogP contribution is 2.28. The van der Waals surface area contributed by atoms with E-state index in [1.807, 2.05) is 12.1 Å². The molecule has 0 N–H and O–H groups in total. The van der Waals surface area contributed by atoms with Crippen LogP contribution in [-0.4, -0.2) is 31.6 Å². The van der Waals surface area contributed by atoms with Crippen LogP contribution in [0.25, 0.3) is 0 Å². The molecule has 1 aliphatic heterocycles.